The summed E-state index contributed by atoms with van der Waals surface area (Å²) in [6, 6.07) is 24.3. The molecule has 4 aromatic rings. The Morgan fingerprint density at radius 1 is 0.909 bits per heavy atom. The lowest BCUT2D eigenvalue weighted by molar-refractivity contribution is 0.0499. The van der Waals surface area contributed by atoms with Crippen LogP contribution in [0.25, 0.3) is 22.2 Å². The van der Waals surface area contributed by atoms with Crippen LogP contribution in [0, 0.1) is 6.92 Å². The third-order valence-corrected chi connectivity index (χ3v) is 5.52. The minimum atomic E-state index is -0.357. The lowest BCUT2D eigenvalue weighted by Crippen LogP contribution is -2.15. The Morgan fingerprint density at radius 2 is 1.61 bits per heavy atom. The molecule has 5 nitrogen and oxygen atoms in total. The Morgan fingerprint density at radius 3 is 2.33 bits per heavy atom. The largest absolute Gasteiger partial charge is 0.462 e. The van der Waals surface area contributed by atoms with E-state index >= 15 is 0 Å². The van der Waals surface area contributed by atoms with Crippen LogP contribution in [0.4, 0.5) is 5.69 Å². The third-order valence-electron chi connectivity index (χ3n) is 5.52. The number of ether oxygens (including phenoxy) is 1. The number of unbranched alkanes of at least 4 members (excludes halogenated alkanes) is 1. The van der Waals surface area contributed by atoms with Crippen LogP contribution in [-0.2, 0) is 4.74 Å². The summed E-state index contributed by atoms with van der Waals surface area (Å²) in [6.07, 6.45) is 1.80. The summed E-state index contributed by atoms with van der Waals surface area (Å²) in [5.74, 6) is -0.577. The van der Waals surface area contributed by atoms with Crippen molar-refractivity contribution in [1.29, 1.82) is 0 Å². The second kappa shape index (κ2) is 10.1. The molecule has 1 amide bonds. The predicted octanol–water partition coefficient (Wildman–Crippen LogP) is 6.42. The molecule has 0 unspecified atom stereocenters. The van der Waals surface area contributed by atoms with E-state index in [9.17, 15) is 9.59 Å². The van der Waals surface area contributed by atoms with Crippen molar-refractivity contribution in [2.24, 2.45) is 0 Å². The third kappa shape index (κ3) is 4.93. The molecule has 0 spiro atoms. The van der Waals surface area contributed by atoms with Gasteiger partial charge in [-0.15, -0.1) is 0 Å². The van der Waals surface area contributed by atoms with E-state index in [1.54, 1.807) is 24.3 Å². The summed E-state index contributed by atoms with van der Waals surface area (Å²) in [4.78, 5) is 30.3. The molecule has 0 aliphatic heterocycles. The lowest BCUT2D eigenvalue weighted by Gasteiger charge is -2.15. The summed E-state index contributed by atoms with van der Waals surface area (Å²) in [7, 11) is 0. The zero-order valence-corrected chi connectivity index (χ0v) is 18.8. The highest BCUT2D eigenvalue weighted by atomic mass is 16.5. The average Bonchev–Trinajstić information content (AvgIpc) is 2.84. The van der Waals surface area contributed by atoms with Gasteiger partial charge in [-0.2, -0.15) is 0 Å². The molecule has 0 radical (unpaired) electrons. The summed E-state index contributed by atoms with van der Waals surface area (Å²) < 4.78 is 5.24. The number of anilines is 1. The van der Waals surface area contributed by atoms with E-state index in [4.69, 9.17) is 9.72 Å². The summed E-state index contributed by atoms with van der Waals surface area (Å²) in [5.41, 5.74) is 4.96. The Bertz CT molecular complexity index is 1280. The van der Waals surface area contributed by atoms with E-state index in [1.807, 2.05) is 68.4 Å². The van der Waals surface area contributed by atoms with E-state index in [0.29, 0.717) is 23.4 Å². The van der Waals surface area contributed by atoms with Crippen molar-refractivity contribution >= 4 is 28.5 Å². The first-order valence-electron chi connectivity index (χ1n) is 11.1. The van der Waals surface area contributed by atoms with Gasteiger partial charge < -0.3 is 10.1 Å². The van der Waals surface area contributed by atoms with Crippen LogP contribution in [0.5, 0.6) is 0 Å². The van der Waals surface area contributed by atoms with Crippen molar-refractivity contribution in [3.05, 3.63) is 95.6 Å². The second-order valence-corrected chi connectivity index (χ2v) is 7.86. The fourth-order valence-corrected chi connectivity index (χ4v) is 3.75. The maximum atomic E-state index is 13.4. The molecule has 1 aromatic heterocycles. The number of hydrogen-bond donors (Lipinski definition) is 1. The number of amides is 1. The summed E-state index contributed by atoms with van der Waals surface area (Å²) >= 11 is 0. The Balaban J connectivity index is 1.63. The molecular weight excluding hydrogens is 412 g/mol. The van der Waals surface area contributed by atoms with Gasteiger partial charge in [-0.1, -0.05) is 61.9 Å². The highest BCUT2D eigenvalue weighted by Gasteiger charge is 2.19. The first-order valence-corrected chi connectivity index (χ1v) is 11.1. The number of esters is 1. The van der Waals surface area contributed by atoms with E-state index in [2.05, 4.69) is 5.32 Å². The topological polar surface area (TPSA) is 68.3 Å². The first-order chi connectivity index (χ1) is 16.1. The van der Waals surface area contributed by atoms with Gasteiger partial charge in [-0.3, -0.25) is 4.79 Å². The van der Waals surface area contributed by atoms with Crippen LogP contribution in [0.1, 0.15) is 46.0 Å². The molecule has 1 N–H and O–H groups in total. The van der Waals surface area contributed by atoms with Gasteiger partial charge in [-0.25, -0.2) is 9.78 Å². The van der Waals surface area contributed by atoms with Crippen molar-refractivity contribution in [2.75, 3.05) is 11.9 Å². The molecule has 5 heteroatoms. The number of benzene rings is 3. The van der Waals surface area contributed by atoms with Gasteiger partial charge in [0, 0.05) is 16.6 Å². The van der Waals surface area contributed by atoms with Gasteiger partial charge in [0.2, 0.25) is 0 Å². The second-order valence-electron chi connectivity index (χ2n) is 7.86. The van der Waals surface area contributed by atoms with Gasteiger partial charge in [0.05, 0.1) is 28.9 Å². The van der Waals surface area contributed by atoms with Crippen LogP contribution >= 0.6 is 0 Å². The van der Waals surface area contributed by atoms with Crippen molar-refractivity contribution in [1.82, 2.24) is 4.98 Å². The number of pyridine rings is 1. The monoisotopic (exact) mass is 438 g/mol. The molecular formula is C28H26N2O3. The van der Waals surface area contributed by atoms with Gasteiger partial charge in [0.25, 0.3) is 5.91 Å². The average molecular weight is 439 g/mol. The Labute approximate surface area is 193 Å². The lowest BCUT2D eigenvalue weighted by atomic mass is 9.97. The van der Waals surface area contributed by atoms with Crippen molar-refractivity contribution in [2.45, 2.75) is 26.7 Å². The minimum Gasteiger partial charge on any atom is -0.462 e. The summed E-state index contributed by atoms with van der Waals surface area (Å²) in [6.45, 7) is 4.37. The quantitative estimate of drug-likeness (QED) is 0.267. The molecule has 1 heterocycles. The van der Waals surface area contributed by atoms with E-state index in [-0.39, 0.29) is 11.9 Å². The van der Waals surface area contributed by atoms with Gasteiger partial charge in [0.1, 0.15) is 0 Å². The molecule has 4 rings (SSSR count). The van der Waals surface area contributed by atoms with Gasteiger partial charge in [0.15, 0.2) is 0 Å². The molecule has 0 bridgehead atoms. The highest BCUT2D eigenvalue weighted by molar-refractivity contribution is 6.14. The number of nitrogens with one attached hydrogen (secondary N) is 1. The van der Waals surface area contributed by atoms with E-state index in [1.165, 1.54) is 0 Å². The fourth-order valence-electron chi connectivity index (χ4n) is 3.75. The molecule has 33 heavy (non-hydrogen) atoms. The van der Waals surface area contributed by atoms with Gasteiger partial charge >= 0.3 is 5.97 Å². The van der Waals surface area contributed by atoms with Crippen molar-refractivity contribution < 1.29 is 14.3 Å². The maximum absolute atomic E-state index is 13.4. The molecule has 0 aliphatic rings. The van der Waals surface area contributed by atoms with Crippen LogP contribution in [0.2, 0.25) is 0 Å². The Kier molecular flexibility index (Phi) is 6.79. The van der Waals surface area contributed by atoms with Crippen molar-refractivity contribution in [3.63, 3.8) is 0 Å². The zero-order chi connectivity index (χ0) is 23.2. The smallest absolute Gasteiger partial charge is 0.338 e. The standard InChI is InChI=1S/C28H26N2O3/c1-3-4-18-33-28(32)21-14-16-22(17-15-21)29-27(31)25-19(2)26(20-10-6-5-7-11-20)30-24-13-9-8-12-23(24)25/h5-17H,3-4,18H2,1-2H3,(H,29,31). The number of aromatic nitrogens is 1. The predicted molar refractivity (Wildman–Crippen MR) is 132 cm³/mol. The number of rotatable bonds is 7. The molecule has 0 saturated heterocycles. The SMILES string of the molecule is CCCCOC(=O)c1ccc(NC(=O)c2c(C)c(-c3ccccc3)nc3ccccc23)cc1. The zero-order valence-electron chi connectivity index (χ0n) is 18.8. The number of nitrogens with zero attached hydrogens (tertiary/aromatic N) is 1. The molecule has 166 valence electrons. The van der Waals surface area contributed by atoms with Crippen LogP contribution in [0.3, 0.4) is 0 Å². The number of para-hydroxylation sites is 1. The highest BCUT2D eigenvalue weighted by Crippen LogP contribution is 2.30. The molecule has 0 fully saturated rings. The molecule has 0 saturated carbocycles. The molecule has 0 atom stereocenters. The van der Waals surface area contributed by atoms with Crippen LogP contribution < -0.4 is 5.32 Å². The normalized spacial score (nSPS) is 10.7. The number of carbonyl (C=O) groups is 2. The maximum Gasteiger partial charge on any atom is 0.338 e. The van der Waals surface area contributed by atoms with Crippen LogP contribution in [-0.4, -0.2) is 23.5 Å². The van der Waals surface area contributed by atoms with Gasteiger partial charge in [-0.05, 0) is 49.2 Å². The Hall–Kier alpha value is -3.99. The van der Waals surface area contributed by atoms with E-state index < -0.39 is 0 Å². The fraction of sp³-hybridized carbons (Fsp3) is 0.179. The number of fused-ring (bicyclic) bond motifs is 1. The number of hydrogen-bond acceptors (Lipinski definition) is 4. The first kappa shape index (κ1) is 22.2. The van der Waals surface area contributed by atoms with Crippen molar-refractivity contribution in [3.8, 4) is 11.3 Å². The molecule has 3 aromatic carbocycles. The van der Waals surface area contributed by atoms with E-state index in [0.717, 1.165) is 40.6 Å². The summed E-state index contributed by atoms with van der Waals surface area (Å²) in [5, 5.41) is 3.76. The molecule has 0 aliphatic carbocycles. The van der Waals surface area contributed by atoms with Crippen LogP contribution in [0.15, 0.2) is 78.9 Å². The number of carbonyl (C=O) groups excluding carboxylic acids is 2. The minimum absolute atomic E-state index is 0.221.